The predicted molar refractivity (Wildman–Crippen MR) is 136 cm³/mol. The minimum atomic E-state index is -0.579. The van der Waals surface area contributed by atoms with Crippen LogP contribution in [0.4, 0.5) is 0 Å². The zero-order valence-electron chi connectivity index (χ0n) is 20.1. The molecule has 1 N–H and O–H groups in total. The molecule has 2 aromatic heterocycles. The SMILES string of the molecule is CCOC(=O)c1cn(C2CC2)c2c(OC)c(-c3cc4c(s3)CCCC4N3CC(O)C3)ccc2c1=O. The Labute approximate surface area is 207 Å². The Morgan fingerprint density at radius 1 is 1.23 bits per heavy atom. The molecule has 8 heteroatoms. The number of hydrogen-bond donors (Lipinski definition) is 1. The molecule has 7 nitrogen and oxygen atoms in total. The molecule has 1 saturated heterocycles. The molecule has 3 aromatic rings. The van der Waals surface area contributed by atoms with Crippen LogP contribution in [0.5, 0.6) is 5.75 Å². The van der Waals surface area contributed by atoms with E-state index in [0.717, 1.165) is 61.2 Å². The van der Waals surface area contributed by atoms with E-state index in [-0.39, 0.29) is 29.7 Å². The number of carbonyl (C=O) groups excluding carboxylic acids is 1. The lowest BCUT2D eigenvalue weighted by Crippen LogP contribution is -2.52. The van der Waals surface area contributed by atoms with Gasteiger partial charge in [0.1, 0.15) is 5.56 Å². The number of aryl methyl sites for hydroxylation is 1. The van der Waals surface area contributed by atoms with E-state index in [1.807, 2.05) is 16.7 Å². The number of aromatic nitrogens is 1. The highest BCUT2D eigenvalue weighted by Crippen LogP contribution is 2.47. The van der Waals surface area contributed by atoms with Crippen molar-refractivity contribution in [3.8, 4) is 16.2 Å². The van der Waals surface area contributed by atoms with Crippen LogP contribution >= 0.6 is 11.3 Å². The van der Waals surface area contributed by atoms with Gasteiger partial charge < -0.3 is 19.1 Å². The van der Waals surface area contributed by atoms with E-state index in [2.05, 4.69) is 11.0 Å². The summed E-state index contributed by atoms with van der Waals surface area (Å²) in [6.07, 6.45) is 6.79. The molecule has 6 rings (SSSR count). The van der Waals surface area contributed by atoms with E-state index in [1.54, 1.807) is 31.6 Å². The van der Waals surface area contributed by atoms with Crippen molar-refractivity contribution >= 4 is 28.2 Å². The molecule has 1 aromatic carbocycles. The number of nitrogens with zero attached hydrogens (tertiary/aromatic N) is 2. The highest BCUT2D eigenvalue weighted by Gasteiger charge is 2.36. The third-order valence-corrected chi connectivity index (χ3v) is 8.71. The zero-order valence-corrected chi connectivity index (χ0v) is 20.9. The quantitative estimate of drug-likeness (QED) is 0.515. The number of aliphatic hydroxyl groups excluding tert-OH is 1. The summed E-state index contributed by atoms with van der Waals surface area (Å²) in [7, 11) is 1.65. The van der Waals surface area contributed by atoms with Crippen molar-refractivity contribution in [1.82, 2.24) is 9.47 Å². The van der Waals surface area contributed by atoms with Crippen LogP contribution in [0.1, 0.15) is 65.5 Å². The Kier molecular flexibility index (Phi) is 5.70. The van der Waals surface area contributed by atoms with Crippen molar-refractivity contribution in [1.29, 1.82) is 0 Å². The summed E-state index contributed by atoms with van der Waals surface area (Å²) in [5.41, 5.74) is 2.84. The van der Waals surface area contributed by atoms with Gasteiger partial charge in [0.25, 0.3) is 0 Å². The molecule has 3 aliphatic rings. The largest absolute Gasteiger partial charge is 0.494 e. The van der Waals surface area contributed by atoms with Crippen molar-refractivity contribution in [2.45, 2.75) is 57.2 Å². The number of likely N-dealkylation sites (tertiary alicyclic amines) is 1. The number of methoxy groups -OCH3 is 1. The topological polar surface area (TPSA) is 81.0 Å². The standard InChI is InChI=1S/C27H30N2O5S/c1-3-34-27(32)20-14-29(15-7-8-15)24-18(25(20)31)10-9-17(26(24)33-2)23-11-19-21(28-12-16(30)13-28)5-4-6-22(19)35-23/h9-11,14-16,21,30H,3-8,12-13H2,1-2H3. The molecule has 1 saturated carbocycles. The van der Waals surface area contributed by atoms with Crippen LogP contribution in [0.3, 0.4) is 0 Å². The van der Waals surface area contributed by atoms with Crippen LogP contribution < -0.4 is 10.2 Å². The van der Waals surface area contributed by atoms with Crippen LogP contribution in [0.15, 0.2) is 29.2 Å². The number of rotatable bonds is 6. The second-order valence-electron chi connectivity index (χ2n) is 9.78. The fourth-order valence-corrected chi connectivity index (χ4v) is 6.88. The number of hydrogen-bond acceptors (Lipinski definition) is 7. The van der Waals surface area contributed by atoms with E-state index in [4.69, 9.17) is 9.47 Å². The number of pyridine rings is 1. The third kappa shape index (κ3) is 3.79. The van der Waals surface area contributed by atoms with E-state index in [0.29, 0.717) is 17.2 Å². The molecule has 1 aliphatic heterocycles. The summed E-state index contributed by atoms with van der Waals surface area (Å²) in [5, 5.41) is 10.3. The fraction of sp³-hybridized carbons (Fsp3) is 0.481. The summed E-state index contributed by atoms with van der Waals surface area (Å²) >= 11 is 1.80. The maximum atomic E-state index is 13.3. The lowest BCUT2D eigenvalue weighted by Gasteiger charge is -2.43. The minimum absolute atomic E-state index is 0.0761. The summed E-state index contributed by atoms with van der Waals surface area (Å²) in [4.78, 5) is 30.7. The van der Waals surface area contributed by atoms with E-state index in [1.165, 1.54) is 10.4 Å². The smallest absolute Gasteiger partial charge is 0.343 e. The Bertz CT molecular complexity index is 1370. The van der Waals surface area contributed by atoms with Crippen LogP contribution in [0.2, 0.25) is 0 Å². The first-order valence-corrected chi connectivity index (χ1v) is 13.3. The lowest BCUT2D eigenvalue weighted by molar-refractivity contribution is -0.0293. The van der Waals surface area contributed by atoms with Crippen LogP contribution in [-0.2, 0) is 11.2 Å². The monoisotopic (exact) mass is 494 g/mol. The Morgan fingerprint density at radius 2 is 2.03 bits per heavy atom. The number of aliphatic hydroxyl groups is 1. The summed E-state index contributed by atoms with van der Waals surface area (Å²) in [5.74, 6) is 0.0985. The molecule has 2 aliphatic carbocycles. The number of esters is 1. The second-order valence-corrected chi connectivity index (χ2v) is 10.9. The van der Waals surface area contributed by atoms with Crippen molar-refractivity contribution < 1.29 is 19.4 Å². The first kappa shape index (κ1) is 22.8. The lowest BCUT2D eigenvalue weighted by atomic mass is 9.90. The highest BCUT2D eigenvalue weighted by molar-refractivity contribution is 7.15. The molecule has 184 valence electrons. The van der Waals surface area contributed by atoms with Crippen molar-refractivity contribution in [2.24, 2.45) is 0 Å². The second kappa shape index (κ2) is 8.76. The van der Waals surface area contributed by atoms with Gasteiger partial charge in [-0.25, -0.2) is 4.79 Å². The Hall–Kier alpha value is -2.68. The number of benzene rings is 1. The highest BCUT2D eigenvalue weighted by atomic mass is 32.1. The van der Waals surface area contributed by atoms with Crippen molar-refractivity contribution in [2.75, 3.05) is 26.8 Å². The van der Waals surface area contributed by atoms with Gasteiger partial charge in [-0.3, -0.25) is 9.69 Å². The van der Waals surface area contributed by atoms with Gasteiger partial charge in [-0.1, -0.05) is 0 Å². The normalized spacial score (nSPS) is 20.5. The average molecular weight is 495 g/mol. The summed E-state index contributed by atoms with van der Waals surface area (Å²) in [6, 6.07) is 6.67. The maximum absolute atomic E-state index is 13.3. The molecule has 0 radical (unpaired) electrons. The third-order valence-electron chi connectivity index (χ3n) is 7.47. The van der Waals surface area contributed by atoms with E-state index >= 15 is 0 Å². The molecule has 0 amide bonds. The van der Waals surface area contributed by atoms with Gasteiger partial charge in [-0.15, -0.1) is 11.3 Å². The van der Waals surface area contributed by atoms with E-state index < -0.39 is 5.97 Å². The molecule has 35 heavy (non-hydrogen) atoms. The first-order chi connectivity index (χ1) is 17.0. The molecule has 1 unspecified atom stereocenters. The average Bonchev–Trinajstić information content (AvgIpc) is 3.59. The first-order valence-electron chi connectivity index (χ1n) is 12.5. The maximum Gasteiger partial charge on any atom is 0.343 e. The predicted octanol–water partition coefficient (Wildman–Crippen LogP) is 4.30. The van der Waals surface area contributed by atoms with Gasteiger partial charge in [-0.2, -0.15) is 0 Å². The number of ether oxygens (including phenoxy) is 2. The Morgan fingerprint density at radius 3 is 2.71 bits per heavy atom. The van der Waals surface area contributed by atoms with Crippen LogP contribution in [0.25, 0.3) is 21.3 Å². The number of β-amino-alcohol motifs (C(OH)–C–C–N with tert-alkyl or cyclic N) is 1. The number of fused-ring (bicyclic) bond motifs is 2. The molecule has 2 fully saturated rings. The molecular weight excluding hydrogens is 464 g/mol. The van der Waals surface area contributed by atoms with Gasteiger partial charge in [0.2, 0.25) is 5.43 Å². The van der Waals surface area contributed by atoms with Gasteiger partial charge in [-0.05, 0) is 62.8 Å². The van der Waals surface area contributed by atoms with Gasteiger partial charge in [0.05, 0.1) is 30.7 Å². The zero-order chi connectivity index (χ0) is 24.3. The number of carbonyl (C=O) groups is 1. The fourth-order valence-electron chi connectivity index (χ4n) is 5.60. The minimum Gasteiger partial charge on any atom is -0.494 e. The molecule has 0 bridgehead atoms. The molecule has 3 heterocycles. The van der Waals surface area contributed by atoms with Crippen LogP contribution in [-0.4, -0.2) is 53.5 Å². The van der Waals surface area contributed by atoms with Gasteiger partial charge in [0, 0.05) is 46.7 Å². The van der Waals surface area contributed by atoms with Gasteiger partial charge >= 0.3 is 5.97 Å². The molecule has 1 atom stereocenters. The molecule has 0 spiro atoms. The van der Waals surface area contributed by atoms with Crippen molar-refractivity contribution in [3.63, 3.8) is 0 Å². The molecular formula is C27H30N2O5S. The van der Waals surface area contributed by atoms with Crippen LogP contribution in [0, 0.1) is 0 Å². The summed E-state index contributed by atoms with van der Waals surface area (Å²) in [6.45, 7) is 3.45. The Balaban J connectivity index is 1.49. The summed E-state index contributed by atoms with van der Waals surface area (Å²) < 4.78 is 13.2. The number of thiophene rings is 1. The van der Waals surface area contributed by atoms with Crippen molar-refractivity contribution in [3.05, 3.63) is 50.6 Å². The van der Waals surface area contributed by atoms with Gasteiger partial charge in [0.15, 0.2) is 5.75 Å². The van der Waals surface area contributed by atoms with E-state index in [9.17, 15) is 14.7 Å².